The lowest BCUT2D eigenvalue weighted by Gasteiger charge is -2.24. The van der Waals surface area contributed by atoms with E-state index in [-0.39, 0.29) is 12.6 Å². The molecule has 2 aliphatic heterocycles. The quantitative estimate of drug-likeness (QED) is 0.766. The van der Waals surface area contributed by atoms with Gasteiger partial charge in [0.2, 0.25) is 5.91 Å². The Balaban J connectivity index is 1.40. The van der Waals surface area contributed by atoms with Gasteiger partial charge in [0.15, 0.2) is 5.13 Å². The molecule has 0 bridgehead atoms. The van der Waals surface area contributed by atoms with Crippen LogP contribution in [-0.2, 0) is 22.5 Å². The first-order chi connectivity index (χ1) is 14.0. The third-order valence-electron chi connectivity index (χ3n) is 4.68. The lowest BCUT2D eigenvalue weighted by Crippen LogP contribution is -2.37. The Hall–Kier alpha value is -3.27. The van der Waals surface area contributed by atoms with Crippen LogP contribution in [0.15, 0.2) is 24.3 Å². The average molecular weight is 414 g/mol. The Morgan fingerprint density at radius 2 is 1.90 bits per heavy atom. The fourth-order valence-corrected chi connectivity index (χ4v) is 4.34. The second-order valence-electron chi connectivity index (χ2n) is 6.55. The van der Waals surface area contributed by atoms with Crippen molar-refractivity contribution in [2.75, 3.05) is 25.0 Å². The average Bonchev–Trinajstić information content (AvgIpc) is 3.21. The van der Waals surface area contributed by atoms with Crippen LogP contribution in [0.4, 0.5) is 9.93 Å². The fourth-order valence-electron chi connectivity index (χ4n) is 3.30. The Morgan fingerprint density at radius 1 is 1.21 bits per heavy atom. The number of hydrogen-bond acceptors (Lipinski definition) is 7. The van der Waals surface area contributed by atoms with Crippen LogP contribution in [-0.4, -0.2) is 58.3 Å². The Bertz CT molecular complexity index is 983. The summed E-state index contributed by atoms with van der Waals surface area (Å²) in [5, 5.41) is 3.03. The molecule has 1 N–H and O–H groups in total. The number of ether oxygens (including phenoxy) is 1. The molecule has 2 aliphatic rings. The summed E-state index contributed by atoms with van der Waals surface area (Å²) in [5.41, 5.74) is 1.43. The molecule has 0 aliphatic carbocycles. The molecule has 0 spiro atoms. The van der Waals surface area contributed by atoms with Gasteiger partial charge in [0.05, 0.1) is 30.0 Å². The first-order valence-corrected chi connectivity index (χ1v) is 9.95. The van der Waals surface area contributed by atoms with Crippen LogP contribution in [0.25, 0.3) is 0 Å². The maximum absolute atomic E-state index is 12.4. The third kappa shape index (κ3) is 3.58. The summed E-state index contributed by atoms with van der Waals surface area (Å²) in [5.74, 6) is -1.47. The number of nitrogens with one attached hydrogen (secondary N) is 1. The molecule has 2 aromatic rings. The summed E-state index contributed by atoms with van der Waals surface area (Å²) < 4.78 is 5.02. The highest BCUT2D eigenvalue weighted by atomic mass is 32.1. The van der Waals surface area contributed by atoms with E-state index >= 15 is 0 Å². The maximum atomic E-state index is 12.4. The first-order valence-electron chi connectivity index (χ1n) is 9.13. The predicted molar refractivity (Wildman–Crippen MR) is 104 cm³/mol. The number of rotatable bonds is 4. The lowest BCUT2D eigenvalue weighted by atomic mass is 10.1. The highest BCUT2D eigenvalue weighted by molar-refractivity contribution is 7.15. The number of thiazole rings is 1. The van der Waals surface area contributed by atoms with Gasteiger partial charge in [-0.15, -0.1) is 0 Å². The highest BCUT2D eigenvalue weighted by Crippen LogP contribution is 2.29. The van der Waals surface area contributed by atoms with E-state index in [1.165, 1.54) is 11.3 Å². The summed E-state index contributed by atoms with van der Waals surface area (Å²) in [6.45, 7) is 2.55. The van der Waals surface area contributed by atoms with Crippen LogP contribution >= 0.6 is 11.3 Å². The lowest BCUT2D eigenvalue weighted by molar-refractivity contribution is -0.116. The number of imide groups is 1. The van der Waals surface area contributed by atoms with E-state index in [0.29, 0.717) is 42.4 Å². The smallest absolute Gasteiger partial charge is 0.410 e. The molecule has 4 rings (SSSR count). The van der Waals surface area contributed by atoms with Crippen LogP contribution in [0, 0.1) is 0 Å². The van der Waals surface area contributed by atoms with Gasteiger partial charge in [-0.2, -0.15) is 0 Å². The zero-order valence-electron chi connectivity index (χ0n) is 15.6. The molecule has 1 aromatic heterocycles. The standard InChI is InChI=1S/C19H18N4O5S/c1-2-28-19(27)22-8-7-13-14(9-22)29-18(20-13)21-15(24)10-23-16(25)11-5-3-4-6-12(11)17(23)26/h3-6H,2,7-10H2,1H3,(H,20,21,24). The minimum atomic E-state index is -0.507. The van der Waals surface area contributed by atoms with E-state index in [1.54, 1.807) is 36.1 Å². The van der Waals surface area contributed by atoms with Crippen molar-refractivity contribution in [3.05, 3.63) is 46.0 Å². The van der Waals surface area contributed by atoms with Crippen LogP contribution in [0.2, 0.25) is 0 Å². The minimum absolute atomic E-state index is 0.300. The molecule has 9 nitrogen and oxygen atoms in total. The SMILES string of the molecule is CCOC(=O)N1CCc2nc(NC(=O)CN3C(=O)c4ccccc4C3=O)sc2C1. The Morgan fingerprint density at radius 3 is 2.55 bits per heavy atom. The molecule has 10 heteroatoms. The van der Waals surface area contributed by atoms with Crippen molar-refractivity contribution in [2.24, 2.45) is 0 Å². The number of fused-ring (bicyclic) bond motifs is 2. The zero-order valence-corrected chi connectivity index (χ0v) is 16.5. The number of carbonyl (C=O) groups excluding carboxylic acids is 4. The van der Waals surface area contributed by atoms with Crippen LogP contribution in [0.5, 0.6) is 0 Å². The van der Waals surface area contributed by atoms with Gasteiger partial charge in [-0.05, 0) is 19.1 Å². The number of carbonyl (C=O) groups is 4. The molecule has 0 unspecified atom stereocenters. The van der Waals surface area contributed by atoms with Crippen LogP contribution in [0.3, 0.4) is 0 Å². The van der Waals surface area contributed by atoms with Gasteiger partial charge < -0.3 is 15.0 Å². The number of amides is 4. The largest absolute Gasteiger partial charge is 0.450 e. The van der Waals surface area contributed by atoms with E-state index in [2.05, 4.69) is 10.3 Å². The van der Waals surface area contributed by atoms with Crippen molar-refractivity contribution >= 4 is 40.3 Å². The van der Waals surface area contributed by atoms with Crippen molar-refractivity contribution in [3.8, 4) is 0 Å². The van der Waals surface area contributed by atoms with E-state index in [4.69, 9.17) is 4.74 Å². The molecule has 0 saturated heterocycles. The third-order valence-corrected chi connectivity index (χ3v) is 5.68. The number of anilines is 1. The number of hydrogen-bond donors (Lipinski definition) is 1. The fraction of sp³-hybridized carbons (Fsp3) is 0.316. The zero-order chi connectivity index (χ0) is 20.5. The van der Waals surface area contributed by atoms with Crippen LogP contribution in [0.1, 0.15) is 38.2 Å². The normalized spacial score (nSPS) is 15.2. The molecule has 4 amide bonds. The highest BCUT2D eigenvalue weighted by Gasteiger charge is 2.36. The first kappa shape index (κ1) is 19.1. The molecule has 0 fully saturated rings. The van der Waals surface area contributed by atoms with Gasteiger partial charge in [-0.1, -0.05) is 23.5 Å². The predicted octanol–water partition coefficient (Wildman–Crippen LogP) is 1.89. The van der Waals surface area contributed by atoms with Gasteiger partial charge >= 0.3 is 6.09 Å². The van der Waals surface area contributed by atoms with Gasteiger partial charge in [0, 0.05) is 17.8 Å². The minimum Gasteiger partial charge on any atom is -0.450 e. The molecular formula is C19H18N4O5S. The van der Waals surface area contributed by atoms with Gasteiger partial charge in [0.1, 0.15) is 6.54 Å². The number of benzene rings is 1. The van der Waals surface area contributed by atoms with Gasteiger partial charge in [-0.3, -0.25) is 19.3 Å². The van der Waals surface area contributed by atoms with E-state index in [0.717, 1.165) is 15.5 Å². The summed E-state index contributed by atoms with van der Waals surface area (Å²) in [4.78, 5) is 56.8. The Labute approximate surface area is 170 Å². The molecule has 150 valence electrons. The molecule has 0 atom stereocenters. The van der Waals surface area contributed by atoms with Crippen molar-refractivity contribution in [3.63, 3.8) is 0 Å². The van der Waals surface area contributed by atoms with Gasteiger partial charge in [-0.25, -0.2) is 9.78 Å². The van der Waals surface area contributed by atoms with E-state index in [1.807, 2.05) is 0 Å². The van der Waals surface area contributed by atoms with Crippen molar-refractivity contribution in [1.29, 1.82) is 0 Å². The number of aromatic nitrogens is 1. The molecule has 3 heterocycles. The second-order valence-corrected chi connectivity index (χ2v) is 7.63. The molecule has 0 radical (unpaired) electrons. The van der Waals surface area contributed by atoms with E-state index < -0.39 is 17.7 Å². The summed E-state index contributed by atoms with van der Waals surface area (Å²) in [6, 6.07) is 6.48. The molecule has 29 heavy (non-hydrogen) atoms. The molecular weight excluding hydrogens is 396 g/mol. The van der Waals surface area contributed by atoms with Gasteiger partial charge in [0.25, 0.3) is 11.8 Å². The molecule has 0 saturated carbocycles. The maximum Gasteiger partial charge on any atom is 0.410 e. The van der Waals surface area contributed by atoms with Crippen molar-refractivity contribution in [1.82, 2.24) is 14.8 Å². The monoisotopic (exact) mass is 414 g/mol. The topological polar surface area (TPSA) is 109 Å². The van der Waals surface area contributed by atoms with Crippen molar-refractivity contribution in [2.45, 2.75) is 19.9 Å². The van der Waals surface area contributed by atoms with Crippen LogP contribution < -0.4 is 5.32 Å². The van der Waals surface area contributed by atoms with E-state index in [9.17, 15) is 19.2 Å². The Kier molecular flexibility index (Phi) is 5.01. The summed E-state index contributed by atoms with van der Waals surface area (Å²) in [7, 11) is 0. The molecule has 1 aromatic carbocycles. The number of nitrogens with zero attached hydrogens (tertiary/aromatic N) is 3. The summed E-state index contributed by atoms with van der Waals surface area (Å²) in [6.07, 6.45) is 0.196. The summed E-state index contributed by atoms with van der Waals surface area (Å²) >= 11 is 1.27. The van der Waals surface area contributed by atoms with Crippen molar-refractivity contribution < 1.29 is 23.9 Å². The second kappa shape index (κ2) is 7.63.